The smallest absolute Gasteiger partial charge is 0.144 e. The predicted octanol–water partition coefficient (Wildman–Crippen LogP) is 7.97. The molecule has 0 bridgehead atoms. The minimum absolute atomic E-state index is 0.535. The van der Waals surface area contributed by atoms with E-state index < -0.39 is 5.60 Å². The summed E-state index contributed by atoms with van der Waals surface area (Å²) < 4.78 is 8.06. The molecule has 0 saturated carbocycles. The van der Waals surface area contributed by atoms with Gasteiger partial charge in [0.25, 0.3) is 0 Å². The highest BCUT2D eigenvalue weighted by atomic mass is 79.9. The number of ether oxygens (including phenoxy) is 1. The second-order valence-electron chi connectivity index (χ2n) is 7.30. The Kier molecular flexibility index (Phi) is 6.83. The lowest BCUT2D eigenvalue weighted by Crippen LogP contribution is -2.32. The summed E-state index contributed by atoms with van der Waals surface area (Å²) in [6, 6.07) is 33.8. The van der Waals surface area contributed by atoms with Gasteiger partial charge in [0.05, 0.1) is 6.61 Å². The van der Waals surface area contributed by atoms with Gasteiger partial charge >= 0.3 is 0 Å². The van der Waals surface area contributed by atoms with Crippen LogP contribution in [0.5, 0.6) is 0 Å². The third-order valence-electron chi connectivity index (χ3n) is 5.27. The largest absolute Gasteiger partial charge is 0.355 e. The highest BCUT2D eigenvalue weighted by Crippen LogP contribution is 2.42. The van der Waals surface area contributed by atoms with E-state index in [0.717, 1.165) is 34.0 Å². The van der Waals surface area contributed by atoms with E-state index in [9.17, 15) is 0 Å². The van der Waals surface area contributed by atoms with Crippen molar-refractivity contribution < 1.29 is 4.74 Å². The van der Waals surface area contributed by atoms with Gasteiger partial charge in [-0.3, -0.25) is 0 Å². The van der Waals surface area contributed by atoms with E-state index in [1.807, 2.05) is 11.3 Å². The van der Waals surface area contributed by atoms with Crippen LogP contribution in [-0.2, 0) is 23.4 Å². The molecule has 0 fully saturated rings. The third kappa shape index (κ3) is 4.29. The van der Waals surface area contributed by atoms with Crippen molar-refractivity contribution in [1.29, 1.82) is 0 Å². The number of benzene rings is 3. The number of rotatable bonds is 8. The van der Waals surface area contributed by atoms with Crippen molar-refractivity contribution in [3.05, 3.63) is 128 Å². The van der Waals surface area contributed by atoms with Gasteiger partial charge in [-0.25, -0.2) is 0 Å². The number of hydrogen-bond acceptors (Lipinski definition) is 2. The molecule has 30 heavy (non-hydrogen) atoms. The minimum atomic E-state index is -0.682. The summed E-state index contributed by atoms with van der Waals surface area (Å²) in [6.07, 6.45) is 2.25. The molecule has 4 aromatic rings. The molecule has 0 aliphatic carbocycles. The summed E-state index contributed by atoms with van der Waals surface area (Å²) in [4.78, 5) is 2.62. The molecule has 3 aromatic carbocycles. The van der Waals surface area contributed by atoms with Crippen molar-refractivity contribution >= 4 is 27.3 Å². The summed E-state index contributed by atoms with van der Waals surface area (Å²) >= 11 is 5.59. The second kappa shape index (κ2) is 9.74. The molecular weight excluding hydrogens is 452 g/mol. The molecule has 1 nitrogen and oxygen atoms in total. The van der Waals surface area contributed by atoms with E-state index in [2.05, 4.69) is 120 Å². The van der Waals surface area contributed by atoms with E-state index in [1.54, 1.807) is 0 Å². The SMILES string of the molecule is CCCc1cc(Br)c(COC(c2ccccc2)(c2ccccc2)c2ccccc2)s1. The molecule has 0 atom stereocenters. The lowest BCUT2D eigenvalue weighted by Gasteiger charge is -2.36. The molecule has 1 heterocycles. The summed E-state index contributed by atoms with van der Waals surface area (Å²) in [5.74, 6) is 0. The van der Waals surface area contributed by atoms with Crippen molar-refractivity contribution in [3.8, 4) is 0 Å². The van der Waals surface area contributed by atoms with E-state index in [-0.39, 0.29) is 0 Å². The minimum Gasteiger partial charge on any atom is -0.355 e. The lowest BCUT2D eigenvalue weighted by atomic mass is 9.80. The molecule has 0 amide bonds. The maximum Gasteiger partial charge on any atom is 0.144 e. The standard InChI is InChI=1S/C27H25BrOS/c1-2-12-24-19-25(28)26(30-24)20-29-27(21-13-6-3-7-14-21,22-15-8-4-9-16-22)23-17-10-5-11-18-23/h3-11,13-19H,2,12,20H2,1H3. The highest BCUT2D eigenvalue weighted by Gasteiger charge is 2.37. The zero-order valence-corrected chi connectivity index (χ0v) is 19.5. The molecule has 0 saturated heterocycles. The predicted molar refractivity (Wildman–Crippen MR) is 130 cm³/mol. The lowest BCUT2D eigenvalue weighted by molar-refractivity contribution is 0.00140. The number of aryl methyl sites for hydroxylation is 1. The Morgan fingerprint density at radius 1 is 0.767 bits per heavy atom. The number of thiophene rings is 1. The van der Waals surface area contributed by atoms with Crippen molar-refractivity contribution in [3.63, 3.8) is 0 Å². The van der Waals surface area contributed by atoms with Crippen LogP contribution >= 0.6 is 27.3 Å². The van der Waals surface area contributed by atoms with Crippen LogP contribution in [0.4, 0.5) is 0 Å². The topological polar surface area (TPSA) is 9.23 Å². The molecule has 0 N–H and O–H groups in total. The maximum absolute atomic E-state index is 6.93. The van der Waals surface area contributed by atoms with Gasteiger partial charge in [0, 0.05) is 14.2 Å². The summed E-state index contributed by atoms with van der Waals surface area (Å²) in [5.41, 5.74) is 2.70. The molecule has 0 unspecified atom stereocenters. The van der Waals surface area contributed by atoms with Gasteiger partial charge in [0.15, 0.2) is 0 Å². The fourth-order valence-corrected chi connectivity index (χ4v) is 5.73. The fraction of sp³-hybridized carbons (Fsp3) is 0.185. The Balaban J connectivity index is 1.83. The highest BCUT2D eigenvalue weighted by molar-refractivity contribution is 9.10. The summed E-state index contributed by atoms with van der Waals surface area (Å²) in [5, 5.41) is 0. The Hall–Kier alpha value is -2.20. The Bertz CT molecular complexity index is 961. The quantitative estimate of drug-likeness (QED) is 0.234. The summed E-state index contributed by atoms with van der Waals surface area (Å²) in [6.45, 7) is 2.75. The zero-order valence-electron chi connectivity index (χ0n) is 17.1. The normalized spacial score (nSPS) is 11.5. The van der Waals surface area contributed by atoms with Crippen LogP contribution in [0.15, 0.2) is 102 Å². The average Bonchev–Trinajstić information content (AvgIpc) is 3.16. The fourth-order valence-electron chi connectivity index (χ4n) is 3.87. The average molecular weight is 477 g/mol. The van der Waals surface area contributed by atoms with Crippen LogP contribution in [-0.4, -0.2) is 0 Å². The van der Waals surface area contributed by atoms with Crippen LogP contribution in [0.2, 0.25) is 0 Å². The number of hydrogen-bond donors (Lipinski definition) is 0. The van der Waals surface area contributed by atoms with Gasteiger partial charge in [-0.1, -0.05) is 104 Å². The van der Waals surface area contributed by atoms with Gasteiger partial charge in [-0.05, 0) is 45.1 Å². The van der Waals surface area contributed by atoms with Gasteiger partial charge in [-0.2, -0.15) is 0 Å². The van der Waals surface area contributed by atoms with Gasteiger partial charge in [0.1, 0.15) is 5.60 Å². The van der Waals surface area contributed by atoms with E-state index in [0.29, 0.717) is 6.61 Å². The van der Waals surface area contributed by atoms with Gasteiger partial charge in [0.2, 0.25) is 0 Å². The van der Waals surface area contributed by atoms with E-state index in [1.165, 1.54) is 9.75 Å². The third-order valence-corrected chi connectivity index (χ3v) is 7.40. The van der Waals surface area contributed by atoms with Gasteiger partial charge in [-0.15, -0.1) is 11.3 Å². The van der Waals surface area contributed by atoms with Crippen LogP contribution in [0.3, 0.4) is 0 Å². The van der Waals surface area contributed by atoms with Crippen molar-refractivity contribution in [2.75, 3.05) is 0 Å². The first-order chi connectivity index (χ1) is 14.7. The van der Waals surface area contributed by atoms with Crippen LogP contribution in [0.25, 0.3) is 0 Å². The molecule has 0 spiro atoms. The van der Waals surface area contributed by atoms with Crippen LogP contribution in [0.1, 0.15) is 39.8 Å². The molecular formula is C27H25BrOS. The van der Waals surface area contributed by atoms with Crippen molar-refractivity contribution in [2.24, 2.45) is 0 Å². The Morgan fingerprint density at radius 2 is 1.23 bits per heavy atom. The van der Waals surface area contributed by atoms with E-state index >= 15 is 0 Å². The van der Waals surface area contributed by atoms with Crippen molar-refractivity contribution in [2.45, 2.75) is 32.0 Å². The molecule has 1 aromatic heterocycles. The van der Waals surface area contributed by atoms with Crippen LogP contribution in [0, 0.1) is 0 Å². The summed E-state index contributed by atoms with van der Waals surface area (Å²) in [7, 11) is 0. The molecule has 0 aliphatic rings. The first-order valence-corrected chi connectivity index (χ1v) is 11.9. The molecule has 3 heteroatoms. The van der Waals surface area contributed by atoms with Gasteiger partial charge < -0.3 is 4.74 Å². The maximum atomic E-state index is 6.93. The molecule has 152 valence electrons. The van der Waals surface area contributed by atoms with Crippen LogP contribution < -0.4 is 0 Å². The first kappa shape index (κ1) is 21.0. The van der Waals surface area contributed by atoms with Crippen molar-refractivity contribution in [1.82, 2.24) is 0 Å². The van der Waals surface area contributed by atoms with E-state index in [4.69, 9.17) is 4.74 Å². The Labute approximate surface area is 191 Å². The molecule has 0 aliphatic heterocycles. The molecule has 4 rings (SSSR count). The monoisotopic (exact) mass is 476 g/mol. The first-order valence-electron chi connectivity index (χ1n) is 10.3. The number of halogens is 1. The molecule has 0 radical (unpaired) electrons. The second-order valence-corrected chi connectivity index (χ2v) is 9.38. The Morgan fingerprint density at radius 3 is 1.67 bits per heavy atom. The zero-order chi connectivity index (χ0) is 20.8.